The smallest absolute Gasteiger partial charge is 0.106 e. The van der Waals surface area contributed by atoms with Gasteiger partial charge in [0.15, 0.2) is 0 Å². The van der Waals surface area contributed by atoms with Crippen molar-refractivity contribution < 1.29 is 4.48 Å². The first-order valence-corrected chi connectivity index (χ1v) is 3.91. The predicted molar refractivity (Wildman–Crippen MR) is 43.8 cm³/mol. The van der Waals surface area contributed by atoms with Crippen LogP contribution >= 0.6 is 0 Å². The quantitative estimate of drug-likeness (QED) is 0.505. The van der Waals surface area contributed by atoms with Crippen LogP contribution in [-0.4, -0.2) is 23.6 Å². The van der Waals surface area contributed by atoms with Crippen molar-refractivity contribution in [2.75, 3.05) is 14.1 Å². The molecular formula is C9H13N2+. The average Bonchev–Trinajstić information content (AvgIpc) is 2.21. The summed E-state index contributed by atoms with van der Waals surface area (Å²) in [6, 6.07) is 2.13. The van der Waals surface area contributed by atoms with Gasteiger partial charge < -0.3 is 4.48 Å². The highest BCUT2D eigenvalue weighted by Crippen LogP contribution is 2.24. The molecule has 1 aromatic heterocycles. The van der Waals surface area contributed by atoms with Crippen molar-refractivity contribution in [1.29, 1.82) is 0 Å². The van der Waals surface area contributed by atoms with E-state index in [2.05, 4.69) is 25.1 Å². The standard InChI is InChI=1S/C9H13N2/c1-11(2)6-8-3-4-10-5-9(8)7-11/h3-5H,6-7H2,1-2H3/q+1. The molecule has 0 aliphatic carbocycles. The van der Waals surface area contributed by atoms with Crippen molar-refractivity contribution in [2.45, 2.75) is 13.1 Å². The van der Waals surface area contributed by atoms with Gasteiger partial charge in [-0.3, -0.25) is 4.98 Å². The third-order valence-corrected chi connectivity index (χ3v) is 2.20. The Hall–Kier alpha value is -0.890. The monoisotopic (exact) mass is 149 g/mol. The van der Waals surface area contributed by atoms with Gasteiger partial charge in [-0.05, 0) is 6.07 Å². The van der Waals surface area contributed by atoms with Gasteiger partial charge in [-0.1, -0.05) is 0 Å². The summed E-state index contributed by atoms with van der Waals surface area (Å²) in [5, 5.41) is 0. The maximum atomic E-state index is 4.11. The molecular weight excluding hydrogens is 136 g/mol. The number of fused-ring (bicyclic) bond motifs is 1. The van der Waals surface area contributed by atoms with Crippen molar-refractivity contribution in [3.05, 3.63) is 29.6 Å². The molecule has 0 spiro atoms. The van der Waals surface area contributed by atoms with E-state index >= 15 is 0 Å². The van der Waals surface area contributed by atoms with Crippen LogP contribution in [0.5, 0.6) is 0 Å². The first-order chi connectivity index (χ1) is 5.17. The molecule has 0 unspecified atom stereocenters. The van der Waals surface area contributed by atoms with Crippen molar-refractivity contribution in [2.24, 2.45) is 0 Å². The van der Waals surface area contributed by atoms with Crippen LogP contribution in [0, 0.1) is 0 Å². The molecule has 0 amide bonds. The minimum atomic E-state index is 1.07. The summed E-state index contributed by atoms with van der Waals surface area (Å²) in [6.45, 7) is 2.28. The van der Waals surface area contributed by atoms with Crippen LogP contribution in [0.2, 0.25) is 0 Å². The van der Waals surface area contributed by atoms with E-state index in [1.807, 2.05) is 12.4 Å². The van der Waals surface area contributed by atoms with E-state index in [1.165, 1.54) is 11.1 Å². The van der Waals surface area contributed by atoms with Gasteiger partial charge in [0.1, 0.15) is 13.1 Å². The van der Waals surface area contributed by atoms with Crippen LogP contribution in [0.3, 0.4) is 0 Å². The summed E-state index contributed by atoms with van der Waals surface area (Å²) < 4.78 is 1.07. The number of pyridine rings is 1. The molecule has 0 fully saturated rings. The maximum absolute atomic E-state index is 4.11. The Morgan fingerprint density at radius 2 is 2.00 bits per heavy atom. The Bertz CT molecular complexity index is 252. The van der Waals surface area contributed by atoms with Gasteiger partial charge in [0.25, 0.3) is 0 Å². The van der Waals surface area contributed by atoms with Crippen LogP contribution in [-0.2, 0) is 13.1 Å². The first kappa shape index (κ1) is 6.80. The van der Waals surface area contributed by atoms with Crippen LogP contribution < -0.4 is 0 Å². The number of quaternary nitrogens is 1. The van der Waals surface area contributed by atoms with Crippen LogP contribution in [0.15, 0.2) is 18.5 Å². The number of hydrogen-bond acceptors (Lipinski definition) is 1. The van der Waals surface area contributed by atoms with Crippen molar-refractivity contribution in [3.8, 4) is 0 Å². The molecule has 1 aliphatic rings. The van der Waals surface area contributed by atoms with Crippen molar-refractivity contribution in [3.63, 3.8) is 0 Å². The highest BCUT2D eigenvalue weighted by atomic mass is 15.3. The van der Waals surface area contributed by atoms with Crippen molar-refractivity contribution in [1.82, 2.24) is 4.98 Å². The van der Waals surface area contributed by atoms with E-state index in [9.17, 15) is 0 Å². The average molecular weight is 149 g/mol. The van der Waals surface area contributed by atoms with E-state index in [1.54, 1.807) is 0 Å². The fourth-order valence-corrected chi connectivity index (χ4v) is 1.73. The molecule has 2 heterocycles. The minimum Gasteiger partial charge on any atom is -0.321 e. The number of hydrogen-bond donors (Lipinski definition) is 0. The Balaban J connectivity index is 2.41. The summed E-state index contributed by atoms with van der Waals surface area (Å²) in [7, 11) is 4.50. The van der Waals surface area contributed by atoms with Gasteiger partial charge in [0.2, 0.25) is 0 Å². The molecule has 0 atom stereocenters. The molecule has 11 heavy (non-hydrogen) atoms. The number of aromatic nitrogens is 1. The molecule has 0 aromatic carbocycles. The lowest BCUT2D eigenvalue weighted by atomic mass is 10.2. The molecule has 0 saturated carbocycles. The van der Waals surface area contributed by atoms with E-state index in [0.29, 0.717) is 0 Å². The molecule has 0 bridgehead atoms. The predicted octanol–water partition coefficient (Wildman–Crippen LogP) is 1.17. The number of nitrogens with zero attached hydrogens (tertiary/aromatic N) is 2. The van der Waals surface area contributed by atoms with Crippen molar-refractivity contribution >= 4 is 0 Å². The van der Waals surface area contributed by atoms with E-state index < -0.39 is 0 Å². The zero-order valence-corrected chi connectivity index (χ0v) is 7.04. The lowest BCUT2D eigenvalue weighted by Gasteiger charge is -2.22. The lowest BCUT2D eigenvalue weighted by molar-refractivity contribution is -0.910. The highest BCUT2D eigenvalue weighted by Gasteiger charge is 2.26. The molecule has 58 valence electrons. The second-order valence-corrected chi connectivity index (χ2v) is 3.90. The third-order valence-electron chi connectivity index (χ3n) is 2.20. The van der Waals surface area contributed by atoms with Gasteiger partial charge in [-0.2, -0.15) is 0 Å². The summed E-state index contributed by atoms with van der Waals surface area (Å²) in [6.07, 6.45) is 3.87. The molecule has 2 heteroatoms. The molecule has 0 N–H and O–H groups in total. The largest absolute Gasteiger partial charge is 0.321 e. The Kier molecular flexibility index (Phi) is 1.26. The summed E-state index contributed by atoms with van der Waals surface area (Å²) in [5.74, 6) is 0. The molecule has 2 nitrogen and oxygen atoms in total. The van der Waals surface area contributed by atoms with Crippen LogP contribution in [0.25, 0.3) is 0 Å². The fraction of sp³-hybridized carbons (Fsp3) is 0.444. The van der Waals surface area contributed by atoms with Crippen LogP contribution in [0.1, 0.15) is 11.1 Å². The Morgan fingerprint density at radius 3 is 2.73 bits per heavy atom. The fourth-order valence-electron chi connectivity index (χ4n) is 1.73. The zero-order valence-electron chi connectivity index (χ0n) is 7.04. The normalized spacial score (nSPS) is 19.8. The number of rotatable bonds is 0. The second kappa shape index (κ2) is 2.05. The molecule has 0 saturated heterocycles. The third kappa shape index (κ3) is 1.14. The van der Waals surface area contributed by atoms with Gasteiger partial charge in [-0.25, -0.2) is 0 Å². The lowest BCUT2D eigenvalue weighted by Crippen LogP contribution is -2.32. The second-order valence-electron chi connectivity index (χ2n) is 3.90. The summed E-state index contributed by atoms with van der Waals surface area (Å²) in [4.78, 5) is 4.11. The molecule has 1 aliphatic heterocycles. The van der Waals surface area contributed by atoms with Gasteiger partial charge in [0, 0.05) is 23.5 Å². The first-order valence-electron chi connectivity index (χ1n) is 3.91. The molecule has 1 aromatic rings. The summed E-state index contributed by atoms with van der Waals surface area (Å²) in [5.41, 5.74) is 2.88. The van der Waals surface area contributed by atoms with E-state index in [0.717, 1.165) is 17.6 Å². The van der Waals surface area contributed by atoms with E-state index in [4.69, 9.17) is 0 Å². The Morgan fingerprint density at radius 1 is 1.27 bits per heavy atom. The molecule has 0 radical (unpaired) electrons. The Labute approximate surface area is 67.1 Å². The minimum absolute atomic E-state index is 1.07. The van der Waals surface area contributed by atoms with Gasteiger partial charge in [0.05, 0.1) is 14.1 Å². The summed E-state index contributed by atoms with van der Waals surface area (Å²) >= 11 is 0. The van der Waals surface area contributed by atoms with Gasteiger partial charge in [-0.15, -0.1) is 0 Å². The maximum Gasteiger partial charge on any atom is 0.106 e. The SMILES string of the molecule is C[N+]1(C)Cc2ccncc2C1. The molecule has 2 rings (SSSR count). The zero-order chi connectivity index (χ0) is 7.90. The van der Waals surface area contributed by atoms with Crippen LogP contribution in [0.4, 0.5) is 0 Å². The topological polar surface area (TPSA) is 12.9 Å². The van der Waals surface area contributed by atoms with Gasteiger partial charge >= 0.3 is 0 Å². The highest BCUT2D eigenvalue weighted by molar-refractivity contribution is 5.23. The van der Waals surface area contributed by atoms with E-state index in [-0.39, 0.29) is 0 Å².